The molecule has 2 fully saturated rings. The van der Waals surface area contributed by atoms with Gasteiger partial charge in [-0.25, -0.2) is 0 Å². The minimum atomic E-state index is -0.333. The Hall–Kier alpha value is -1.96. The van der Waals surface area contributed by atoms with Crippen molar-refractivity contribution in [2.45, 2.75) is 44.8 Å². The fourth-order valence-corrected chi connectivity index (χ4v) is 4.39. The number of carbonyl (C=O) groups is 3. The van der Waals surface area contributed by atoms with E-state index in [1.165, 1.54) is 4.90 Å². The van der Waals surface area contributed by atoms with Gasteiger partial charge in [-0.2, -0.15) is 0 Å². The minimum Gasteiger partial charge on any atom is -0.376 e. The molecular formula is C21H28ClN3O4. The van der Waals surface area contributed by atoms with E-state index < -0.39 is 0 Å². The molecule has 1 aromatic rings. The van der Waals surface area contributed by atoms with Crippen molar-refractivity contribution in [2.75, 3.05) is 26.2 Å². The lowest BCUT2D eigenvalue weighted by Gasteiger charge is -2.33. The Labute approximate surface area is 176 Å². The van der Waals surface area contributed by atoms with Crippen LogP contribution in [0.1, 0.15) is 63.7 Å². The number of imide groups is 1. The number of fused-ring (bicyclic) bond motifs is 1. The molecule has 2 unspecified atom stereocenters. The topological polar surface area (TPSA) is 92.9 Å². The summed E-state index contributed by atoms with van der Waals surface area (Å²) in [7, 11) is 0. The van der Waals surface area contributed by atoms with E-state index in [1.54, 1.807) is 18.2 Å². The van der Waals surface area contributed by atoms with Crippen LogP contribution < -0.4 is 5.73 Å². The van der Waals surface area contributed by atoms with E-state index in [0.717, 1.165) is 25.7 Å². The Bertz CT molecular complexity index is 799. The molecule has 3 amide bonds. The van der Waals surface area contributed by atoms with Crippen molar-refractivity contribution in [1.29, 1.82) is 0 Å². The maximum atomic E-state index is 12.9. The summed E-state index contributed by atoms with van der Waals surface area (Å²) in [6.07, 6.45) is 3.50. The lowest BCUT2D eigenvalue weighted by atomic mass is 9.90. The van der Waals surface area contributed by atoms with Crippen molar-refractivity contribution in [2.24, 2.45) is 11.7 Å². The van der Waals surface area contributed by atoms with Crippen LogP contribution >= 0.6 is 12.4 Å². The van der Waals surface area contributed by atoms with E-state index in [1.807, 2.05) is 11.8 Å². The zero-order valence-corrected chi connectivity index (χ0v) is 17.5. The number of nitrogens with zero attached hydrogens (tertiary/aromatic N) is 2. The van der Waals surface area contributed by atoms with Gasteiger partial charge < -0.3 is 15.4 Å². The molecule has 0 spiro atoms. The average Bonchev–Trinajstić information content (AvgIpc) is 3.30. The van der Waals surface area contributed by atoms with Gasteiger partial charge in [0.2, 0.25) is 0 Å². The smallest absolute Gasteiger partial charge is 0.261 e. The van der Waals surface area contributed by atoms with Crippen molar-refractivity contribution >= 4 is 30.1 Å². The molecule has 0 aromatic heterocycles. The van der Waals surface area contributed by atoms with Crippen LogP contribution in [0.3, 0.4) is 0 Å². The van der Waals surface area contributed by atoms with E-state index in [9.17, 15) is 14.4 Å². The Balaban J connectivity index is 0.00000240. The highest BCUT2D eigenvalue weighted by Gasteiger charge is 2.38. The highest BCUT2D eigenvalue weighted by molar-refractivity contribution is 6.22. The van der Waals surface area contributed by atoms with E-state index in [4.69, 9.17) is 10.5 Å². The van der Waals surface area contributed by atoms with Crippen LogP contribution in [0, 0.1) is 5.92 Å². The molecule has 7 nitrogen and oxygen atoms in total. The Morgan fingerprint density at radius 1 is 1.17 bits per heavy atom. The van der Waals surface area contributed by atoms with Gasteiger partial charge in [0.25, 0.3) is 17.7 Å². The van der Waals surface area contributed by atoms with Crippen molar-refractivity contribution < 1.29 is 19.1 Å². The second-order valence-corrected chi connectivity index (χ2v) is 8.11. The molecule has 0 saturated carbocycles. The molecular weight excluding hydrogens is 394 g/mol. The first kappa shape index (κ1) is 21.7. The van der Waals surface area contributed by atoms with Gasteiger partial charge in [0.15, 0.2) is 0 Å². The summed E-state index contributed by atoms with van der Waals surface area (Å²) in [5, 5.41) is 0. The number of likely N-dealkylation sites (tertiary alicyclic amines) is 1. The molecule has 158 valence electrons. The highest BCUT2D eigenvalue weighted by Crippen LogP contribution is 2.27. The van der Waals surface area contributed by atoms with Crippen molar-refractivity contribution in [3.05, 3.63) is 34.9 Å². The second kappa shape index (κ2) is 8.81. The fourth-order valence-electron chi connectivity index (χ4n) is 4.39. The monoisotopic (exact) mass is 421 g/mol. The first-order valence-corrected chi connectivity index (χ1v) is 10.1. The molecule has 2 atom stereocenters. The van der Waals surface area contributed by atoms with Gasteiger partial charge >= 0.3 is 0 Å². The second-order valence-electron chi connectivity index (χ2n) is 8.11. The number of hydrogen-bond acceptors (Lipinski definition) is 5. The highest BCUT2D eigenvalue weighted by atomic mass is 35.5. The number of halogens is 1. The molecule has 1 aromatic carbocycles. The molecule has 4 rings (SSSR count). The van der Waals surface area contributed by atoms with Gasteiger partial charge in [0.05, 0.1) is 23.8 Å². The fraction of sp³-hybridized carbons (Fsp3) is 0.571. The lowest BCUT2D eigenvalue weighted by molar-refractivity contribution is 0.0475. The molecule has 0 aliphatic carbocycles. The lowest BCUT2D eigenvalue weighted by Crippen LogP contribution is -2.42. The summed E-state index contributed by atoms with van der Waals surface area (Å²) < 4.78 is 5.56. The summed E-state index contributed by atoms with van der Waals surface area (Å²) >= 11 is 0. The Kier molecular flexibility index (Phi) is 6.61. The molecule has 8 heteroatoms. The number of nitrogens with two attached hydrogens (primary N) is 1. The van der Waals surface area contributed by atoms with E-state index in [2.05, 4.69) is 0 Å². The standard InChI is InChI=1S/C21H27N3O4.ClH/c1-13(22)14-6-8-23(9-7-14)19(25)15-4-5-17-18(11-15)21(27)24(20(17)26)12-16-3-2-10-28-16;/h4-5,11,13-14,16H,2-3,6-10,12,22H2,1H3;1H. The number of amides is 3. The van der Waals surface area contributed by atoms with Gasteiger partial charge in [0.1, 0.15) is 0 Å². The van der Waals surface area contributed by atoms with Crippen LogP contribution in [0.4, 0.5) is 0 Å². The van der Waals surface area contributed by atoms with Crippen molar-refractivity contribution in [3.63, 3.8) is 0 Å². The molecule has 3 aliphatic heterocycles. The third-order valence-electron chi connectivity index (χ3n) is 6.20. The van der Waals surface area contributed by atoms with Crippen LogP contribution in [0.25, 0.3) is 0 Å². The number of carbonyl (C=O) groups excluding carboxylic acids is 3. The molecule has 2 saturated heterocycles. The van der Waals surface area contributed by atoms with Gasteiger partial charge in [0, 0.05) is 31.3 Å². The van der Waals surface area contributed by atoms with E-state index >= 15 is 0 Å². The summed E-state index contributed by atoms with van der Waals surface area (Å²) in [5.41, 5.74) is 7.12. The molecule has 3 aliphatic rings. The van der Waals surface area contributed by atoms with E-state index in [0.29, 0.717) is 42.3 Å². The molecule has 0 bridgehead atoms. The van der Waals surface area contributed by atoms with Crippen LogP contribution in [0.5, 0.6) is 0 Å². The summed E-state index contributed by atoms with van der Waals surface area (Å²) in [5.74, 6) is -0.286. The van der Waals surface area contributed by atoms with Crippen molar-refractivity contribution in [1.82, 2.24) is 9.80 Å². The largest absolute Gasteiger partial charge is 0.376 e. The first-order valence-electron chi connectivity index (χ1n) is 10.1. The maximum Gasteiger partial charge on any atom is 0.261 e. The summed E-state index contributed by atoms with van der Waals surface area (Å²) in [4.78, 5) is 41.3. The van der Waals surface area contributed by atoms with Crippen LogP contribution in [0.2, 0.25) is 0 Å². The number of hydrogen-bond donors (Lipinski definition) is 1. The zero-order valence-electron chi connectivity index (χ0n) is 16.6. The summed E-state index contributed by atoms with van der Waals surface area (Å²) in [6.45, 7) is 4.29. The van der Waals surface area contributed by atoms with Gasteiger partial charge in [-0.1, -0.05) is 0 Å². The predicted octanol–water partition coefficient (Wildman–Crippen LogP) is 2.08. The zero-order chi connectivity index (χ0) is 19.8. The SMILES string of the molecule is CC(N)C1CCN(C(=O)c2ccc3c(c2)C(=O)N(CC2CCCO2)C3=O)CC1.Cl. The third-order valence-corrected chi connectivity index (χ3v) is 6.20. The maximum absolute atomic E-state index is 12.9. The number of ether oxygens (including phenoxy) is 1. The van der Waals surface area contributed by atoms with E-state index in [-0.39, 0.29) is 48.8 Å². The first-order chi connectivity index (χ1) is 13.5. The Morgan fingerprint density at radius 3 is 2.48 bits per heavy atom. The molecule has 2 N–H and O–H groups in total. The van der Waals surface area contributed by atoms with Gasteiger partial charge in [-0.15, -0.1) is 12.4 Å². The van der Waals surface area contributed by atoms with Gasteiger partial charge in [-0.3, -0.25) is 19.3 Å². The molecule has 3 heterocycles. The van der Waals surface area contributed by atoms with Crippen LogP contribution in [0.15, 0.2) is 18.2 Å². The van der Waals surface area contributed by atoms with Gasteiger partial charge in [-0.05, 0) is 56.7 Å². The Morgan fingerprint density at radius 2 is 1.86 bits per heavy atom. The number of benzene rings is 1. The molecule has 29 heavy (non-hydrogen) atoms. The third kappa shape index (κ3) is 4.17. The normalized spacial score (nSPS) is 23.2. The van der Waals surface area contributed by atoms with Crippen LogP contribution in [-0.4, -0.2) is 65.9 Å². The van der Waals surface area contributed by atoms with Crippen molar-refractivity contribution in [3.8, 4) is 0 Å². The predicted molar refractivity (Wildman–Crippen MR) is 110 cm³/mol. The molecule has 0 radical (unpaired) electrons. The van der Waals surface area contributed by atoms with Crippen LogP contribution in [-0.2, 0) is 4.74 Å². The number of rotatable bonds is 4. The summed E-state index contributed by atoms with van der Waals surface area (Å²) in [6, 6.07) is 4.97. The quantitative estimate of drug-likeness (QED) is 0.751. The minimum absolute atomic E-state index is 0. The average molecular weight is 422 g/mol. The number of piperidine rings is 1.